The minimum Gasteiger partial charge on any atom is -0.497 e. The van der Waals surface area contributed by atoms with Crippen molar-refractivity contribution in [3.05, 3.63) is 89.0 Å². The lowest BCUT2D eigenvalue weighted by molar-refractivity contribution is -0.139. The van der Waals surface area contributed by atoms with Gasteiger partial charge in [0.25, 0.3) is 10.0 Å². The van der Waals surface area contributed by atoms with E-state index in [0.717, 1.165) is 21.0 Å². The van der Waals surface area contributed by atoms with Crippen LogP contribution in [0.2, 0.25) is 0 Å². The number of benzene rings is 3. The molecular formula is C31H39N3O5S. The summed E-state index contributed by atoms with van der Waals surface area (Å²) in [6, 6.07) is 18.2. The van der Waals surface area contributed by atoms with E-state index >= 15 is 0 Å². The van der Waals surface area contributed by atoms with E-state index in [1.807, 2.05) is 52.8 Å². The molecule has 0 aliphatic heterocycles. The van der Waals surface area contributed by atoms with Crippen LogP contribution in [0.4, 0.5) is 5.69 Å². The molecule has 3 rings (SSSR count). The van der Waals surface area contributed by atoms with Gasteiger partial charge in [0.2, 0.25) is 11.8 Å². The molecule has 8 nitrogen and oxygen atoms in total. The first-order chi connectivity index (χ1) is 18.8. The molecule has 0 fully saturated rings. The van der Waals surface area contributed by atoms with Crippen LogP contribution in [0, 0.1) is 20.8 Å². The summed E-state index contributed by atoms with van der Waals surface area (Å²) in [6.45, 7) is 10.6. The molecule has 0 aliphatic rings. The number of anilines is 1. The van der Waals surface area contributed by atoms with Crippen LogP contribution in [0.25, 0.3) is 0 Å². The van der Waals surface area contributed by atoms with Crippen molar-refractivity contribution in [2.45, 2.75) is 65.1 Å². The lowest BCUT2D eigenvalue weighted by atomic mass is 10.1. The van der Waals surface area contributed by atoms with Crippen LogP contribution in [0.1, 0.15) is 43.0 Å². The zero-order valence-electron chi connectivity index (χ0n) is 24.3. The molecule has 0 radical (unpaired) electrons. The summed E-state index contributed by atoms with van der Waals surface area (Å²) >= 11 is 0. The second-order valence-corrected chi connectivity index (χ2v) is 12.2. The Balaban J connectivity index is 2.07. The van der Waals surface area contributed by atoms with Crippen LogP contribution >= 0.6 is 0 Å². The molecule has 0 spiro atoms. The Bertz CT molecular complexity index is 1450. The number of methoxy groups -OCH3 is 1. The summed E-state index contributed by atoms with van der Waals surface area (Å²) in [7, 11) is -2.56. The molecule has 9 heteroatoms. The lowest BCUT2D eigenvalue weighted by Crippen LogP contribution is -2.52. The monoisotopic (exact) mass is 565 g/mol. The van der Waals surface area contributed by atoms with Crippen molar-refractivity contribution in [3.63, 3.8) is 0 Å². The van der Waals surface area contributed by atoms with Gasteiger partial charge in [0.1, 0.15) is 18.3 Å². The van der Waals surface area contributed by atoms with Crippen LogP contribution in [0.3, 0.4) is 0 Å². The minimum absolute atomic E-state index is 0.0795. The second kappa shape index (κ2) is 13.0. The maximum absolute atomic E-state index is 14.0. The van der Waals surface area contributed by atoms with E-state index < -0.39 is 28.5 Å². The molecule has 0 heterocycles. The molecule has 0 aromatic heterocycles. The van der Waals surface area contributed by atoms with Gasteiger partial charge in [0.15, 0.2) is 0 Å². The third kappa shape index (κ3) is 7.41. The molecule has 1 atom stereocenters. The van der Waals surface area contributed by atoms with Crippen LogP contribution in [-0.4, -0.2) is 50.9 Å². The number of nitrogens with one attached hydrogen (secondary N) is 1. The third-order valence-corrected chi connectivity index (χ3v) is 8.37. The Hall–Kier alpha value is -3.85. The standard InChI is InChI=1S/C31H39N3O5S/c1-21(2)32-31(36)25(6)33(19-26-9-8-10-27(18-26)39-7)30(35)20-34(29-16-13-23(4)17-24(29)5)40(37,38)28-14-11-22(3)12-15-28/h8-18,21,25H,19-20H2,1-7H3,(H,32,36)/t25-/m0/s1. The number of hydrogen-bond donors (Lipinski definition) is 1. The Labute approximate surface area is 238 Å². The topological polar surface area (TPSA) is 96.0 Å². The fraction of sp³-hybridized carbons (Fsp3) is 0.355. The Morgan fingerprint density at radius 3 is 2.15 bits per heavy atom. The Morgan fingerprint density at radius 2 is 1.55 bits per heavy atom. The molecule has 0 saturated carbocycles. The highest BCUT2D eigenvalue weighted by molar-refractivity contribution is 7.92. The molecule has 40 heavy (non-hydrogen) atoms. The van der Waals surface area contributed by atoms with E-state index in [9.17, 15) is 18.0 Å². The first-order valence-corrected chi connectivity index (χ1v) is 14.7. The van der Waals surface area contributed by atoms with Crippen molar-refractivity contribution in [1.29, 1.82) is 0 Å². The zero-order chi connectivity index (χ0) is 29.6. The highest BCUT2D eigenvalue weighted by Crippen LogP contribution is 2.28. The number of hydrogen-bond acceptors (Lipinski definition) is 5. The van der Waals surface area contributed by atoms with Crippen LogP contribution in [0.5, 0.6) is 5.75 Å². The number of aryl methyl sites for hydroxylation is 3. The maximum Gasteiger partial charge on any atom is 0.264 e. The Kier molecular flexibility index (Phi) is 9.98. The summed E-state index contributed by atoms with van der Waals surface area (Å²) in [6.07, 6.45) is 0. The van der Waals surface area contributed by atoms with Gasteiger partial charge in [-0.3, -0.25) is 13.9 Å². The normalized spacial score (nSPS) is 12.1. The summed E-state index contributed by atoms with van der Waals surface area (Å²) in [5, 5.41) is 2.86. The molecule has 2 amide bonds. The van der Waals surface area contributed by atoms with Crippen molar-refractivity contribution in [2.75, 3.05) is 18.0 Å². The predicted octanol–water partition coefficient (Wildman–Crippen LogP) is 4.76. The van der Waals surface area contributed by atoms with Gasteiger partial charge in [-0.05, 0) is 83.0 Å². The average Bonchev–Trinajstić information content (AvgIpc) is 2.90. The summed E-state index contributed by atoms with van der Waals surface area (Å²) in [5.74, 6) is -0.223. The van der Waals surface area contributed by atoms with Gasteiger partial charge in [0.05, 0.1) is 17.7 Å². The first kappa shape index (κ1) is 30.7. The molecular weight excluding hydrogens is 526 g/mol. The van der Waals surface area contributed by atoms with Gasteiger partial charge < -0.3 is 15.0 Å². The summed E-state index contributed by atoms with van der Waals surface area (Å²) < 4.78 is 34.5. The highest BCUT2D eigenvalue weighted by atomic mass is 32.2. The highest BCUT2D eigenvalue weighted by Gasteiger charge is 2.33. The Morgan fingerprint density at radius 1 is 0.900 bits per heavy atom. The number of carbonyl (C=O) groups excluding carboxylic acids is 2. The summed E-state index contributed by atoms with van der Waals surface area (Å²) in [5.41, 5.74) is 3.76. The lowest BCUT2D eigenvalue weighted by Gasteiger charge is -2.33. The molecule has 214 valence electrons. The number of ether oxygens (including phenoxy) is 1. The number of sulfonamides is 1. The van der Waals surface area contributed by atoms with Crippen molar-refractivity contribution in [1.82, 2.24) is 10.2 Å². The van der Waals surface area contributed by atoms with Gasteiger partial charge in [-0.2, -0.15) is 0 Å². The van der Waals surface area contributed by atoms with Gasteiger partial charge >= 0.3 is 0 Å². The molecule has 0 bridgehead atoms. The second-order valence-electron chi connectivity index (χ2n) is 10.3. The van der Waals surface area contributed by atoms with E-state index in [2.05, 4.69) is 5.32 Å². The van der Waals surface area contributed by atoms with Crippen molar-refractivity contribution >= 4 is 27.5 Å². The number of amides is 2. The molecule has 0 unspecified atom stereocenters. The SMILES string of the molecule is COc1cccc(CN(C(=O)CN(c2ccc(C)cc2C)S(=O)(=O)c2ccc(C)cc2)[C@@H](C)C(=O)NC(C)C)c1. The smallest absolute Gasteiger partial charge is 0.264 e. The van der Waals surface area contributed by atoms with Crippen molar-refractivity contribution < 1.29 is 22.7 Å². The number of carbonyl (C=O) groups is 2. The zero-order valence-corrected chi connectivity index (χ0v) is 25.1. The minimum atomic E-state index is -4.12. The fourth-order valence-corrected chi connectivity index (χ4v) is 5.87. The third-order valence-electron chi connectivity index (χ3n) is 6.59. The van der Waals surface area contributed by atoms with Crippen LogP contribution in [0.15, 0.2) is 71.6 Å². The molecule has 0 aliphatic carbocycles. The van der Waals surface area contributed by atoms with Gasteiger partial charge in [0, 0.05) is 12.6 Å². The predicted molar refractivity (Wildman–Crippen MR) is 158 cm³/mol. The molecule has 3 aromatic carbocycles. The van der Waals surface area contributed by atoms with E-state index in [0.29, 0.717) is 17.0 Å². The molecule has 3 aromatic rings. The average molecular weight is 566 g/mol. The van der Waals surface area contributed by atoms with E-state index in [-0.39, 0.29) is 23.4 Å². The number of rotatable bonds is 11. The number of nitrogens with zero attached hydrogens (tertiary/aromatic N) is 2. The maximum atomic E-state index is 14.0. The van der Waals surface area contributed by atoms with Crippen molar-refractivity contribution in [3.8, 4) is 5.75 Å². The van der Waals surface area contributed by atoms with Crippen molar-refractivity contribution in [2.24, 2.45) is 0 Å². The van der Waals surface area contributed by atoms with E-state index in [4.69, 9.17) is 4.74 Å². The van der Waals surface area contributed by atoms with Gasteiger partial charge in [-0.1, -0.05) is 47.5 Å². The quantitative estimate of drug-likeness (QED) is 0.362. The fourth-order valence-electron chi connectivity index (χ4n) is 4.39. The van der Waals surface area contributed by atoms with Crippen LogP contribution < -0.4 is 14.4 Å². The van der Waals surface area contributed by atoms with Gasteiger partial charge in [-0.25, -0.2) is 8.42 Å². The van der Waals surface area contributed by atoms with Crippen LogP contribution in [-0.2, 0) is 26.2 Å². The van der Waals surface area contributed by atoms with E-state index in [1.54, 1.807) is 62.6 Å². The van der Waals surface area contributed by atoms with Gasteiger partial charge in [-0.15, -0.1) is 0 Å². The largest absolute Gasteiger partial charge is 0.497 e. The van der Waals surface area contributed by atoms with E-state index in [1.165, 1.54) is 4.90 Å². The summed E-state index contributed by atoms with van der Waals surface area (Å²) in [4.78, 5) is 28.6. The molecule has 0 saturated heterocycles. The molecule has 1 N–H and O–H groups in total. The first-order valence-electron chi connectivity index (χ1n) is 13.2.